The minimum absolute atomic E-state index is 0.201. The third kappa shape index (κ3) is 2.34. The van der Waals surface area contributed by atoms with E-state index >= 15 is 0 Å². The number of nitrogens with zero attached hydrogens (tertiary/aromatic N) is 1. The van der Waals surface area contributed by atoms with Gasteiger partial charge in [0.25, 0.3) is 0 Å². The van der Waals surface area contributed by atoms with Crippen LogP contribution in [0.2, 0.25) is 0 Å². The third-order valence-electron chi connectivity index (χ3n) is 3.31. The Morgan fingerprint density at radius 1 is 1.13 bits per heavy atom. The Balaban J connectivity index is 2.35. The maximum Gasteiger partial charge on any atom is 0.0393 e. The number of hydrogen-bond donors (Lipinski definition) is 0. The van der Waals surface area contributed by atoms with E-state index in [1.807, 2.05) is 0 Å². The SMILES string of the molecule is CN1CCCCC2=C1C=CC(C)(C)C=C2. The summed E-state index contributed by atoms with van der Waals surface area (Å²) in [6.45, 7) is 5.70. The molecule has 82 valence electrons. The fourth-order valence-electron chi connectivity index (χ4n) is 2.23. The van der Waals surface area contributed by atoms with Gasteiger partial charge < -0.3 is 4.90 Å². The summed E-state index contributed by atoms with van der Waals surface area (Å²) in [5, 5.41) is 0. The standard InChI is InChI=1S/C14H21N/c1-14(2)9-7-12-6-4-5-11-15(3)13(12)8-10-14/h7-10H,4-6,11H2,1-3H3. The van der Waals surface area contributed by atoms with Crippen LogP contribution >= 0.6 is 0 Å². The van der Waals surface area contributed by atoms with E-state index in [1.54, 1.807) is 0 Å². The van der Waals surface area contributed by atoms with E-state index in [4.69, 9.17) is 0 Å². The van der Waals surface area contributed by atoms with Crippen molar-refractivity contribution in [2.75, 3.05) is 13.6 Å². The first-order valence-electron chi connectivity index (χ1n) is 5.91. The topological polar surface area (TPSA) is 3.24 Å². The molecule has 1 heterocycles. The first-order chi connectivity index (χ1) is 7.08. The molecule has 15 heavy (non-hydrogen) atoms. The Morgan fingerprint density at radius 2 is 1.87 bits per heavy atom. The van der Waals surface area contributed by atoms with E-state index in [0.29, 0.717) is 0 Å². The highest BCUT2D eigenvalue weighted by molar-refractivity contribution is 5.38. The van der Waals surface area contributed by atoms with Gasteiger partial charge >= 0.3 is 0 Å². The minimum Gasteiger partial charge on any atom is -0.374 e. The second kappa shape index (κ2) is 3.88. The quantitative estimate of drug-likeness (QED) is 0.582. The molecule has 0 aromatic heterocycles. The normalized spacial score (nSPS) is 24.9. The van der Waals surface area contributed by atoms with Crippen LogP contribution in [0.3, 0.4) is 0 Å². The van der Waals surface area contributed by atoms with Gasteiger partial charge in [0.2, 0.25) is 0 Å². The summed E-state index contributed by atoms with van der Waals surface area (Å²) in [5.41, 5.74) is 3.14. The Labute approximate surface area is 93.2 Å². The van der Waals surface area contributed by atoms with Crippen LogP contribution in [0.4, 0.5) is 0 Å². The van der Waals surface area contributed by atoms with Crippen LogP contribution in [-0.2, 0) is 0 Å². The van der Waals surface area contributed by atoms with Gasteiger partial charge in [-0.15, -0.1) is 0 Å². The van der Waals surface area contributed by atoms with E-state index < -0.39 is 0 Å². The highest BCUT2D eigenvalue weighted by Gasteiger charge is 2.17. The predicted molar refractivity (Wildman–Crippen MR) is 65.6 cm³/mol. The summed E-state index contributed by atoms with van der Waals surface area (Å²) in [4.78, 5) is 2.39. The minimum atomic E-state index is 0.201. The molecule has 0 atom stereocenters. The molecule has 0 unspecified atom stereocenters. The smallest absolute Gasteiger partial charge is 0.0393 e. The van der Waals surface area contributed by atoms with Gasteiger partial charge in [0.1, 0.15) is 0 Å². The fraction of sp³-hybridized carbons (Fsp3) is 0.571. The summed E-state index contributed by atoms with van der Waals surface area (Å²) in [7, 11) is 2.21. The molecule has 0 aromatic carbocycles. The molecule has 0 fully saturated rings. The lowest BCUT2D eigenvalue weighted by Crippen LogP contribution is -2.17. The Hall–Kier alpha value is -0.980. The van der Waals surface area contributed by atoms with Gasteiger partial charge in [-0.3, -0.25) is 0 Å². The maximum atomic E-state index is 2.39. The van der Waals surface area contributed by atoms with Crippen molar-refractivity contribution in [3.63, 3.8) is 0 Å². The molecule has 0 saturated heterocycles. The molecule has 0 saturated carbocycles. The van der Waals surface area contributed by atoms with Crippen LogP contribution in [0.1, 0.15) is 33.1 Å². The molecule has 0 aromatic rings. The van der Waals surface area contributed by atoms with Crippen molar-refractivity contribution >= 4 is 0 Å². The predicted octanol–water partition coefficient (Wildman–Crippen LogP) is 3.51. The van der Waals surface area contributed by atoms with E-state index in [1.165, 1.54) is 37.1 Å². The number of rotatable bonds is 0. The summed E-state index contributed by atoms with van der Waals surface area (Å²) in [5.74, 6) is 0. The van der Waals surface area contributed by atoms with Crippen LogP contribution in [0.15, 0.2) is 35.6 Å². The molecule has 0 radical (unpaired) electrons. The molecule has 2 rings (SSSR count). The highest BCUT2D eigenvalue weighted by atomic mass is 15.1. The molecule has 0 amide bonds. The summed E-state index contributed by atoms with van der Waals surface area (Å²) in [6.07, 6.45) is 13.1. The van der Waals surface area contributed by atoms with Gasteiger partial charge in [-0.25, -0.2) is 0 Å². The number of hydrogen-bond acceptors (Lipinski definition) is 1. The Morgan fingerprint density at radius 3 is 2.67 bits per heavy atom. The first kappa shape index (κ1) is 10.5. The van der Waals surface area contributed by atoms with E-state index in [-0.39, 0.29) is 5.41 Å². The van der Waals surface area contributed by atoms with E-state index in [9.17, 15) is 0 Å². The summed E-state index contributed by atoms with van der Waals surface area (Å²) in [6, 6.07) is 0. The fourth-order valence-corrected chi connectivity index (χ4v) is 2.23. The Kier molecular flexibility index (Phi) is 2.72. The van der Waals surface area contributed by atoms with Gasteiger partial charge in [-0.05, 0) is 30.9 Å². The monoisotopic (exact) mass is 203 g/mol. The molecule has 1 aliphatic heterocycles. The first-order valence-corrected chi connectivity index (χ1v) is 5.91. The number of allylic oxidation sites excluding steroid dienone is 5. The molecule has 0 spiro atoms. The summed E-state index contributed by atoms with van der Waals surface area (Å²) < 4.78 is 0. The molecule has 1 heteroatoms. The van der Waals surface area contributed by atoms with Crippen LogP contribution in [0, 0.1) is 5.41 Å². The van der Waals surface area contributed by atoms with Crippen molar-refractivity contribution in [1.82, 2.24) is 4.90 Å². The average molecular weight is 203 g/mol. The summed E-state index contributed by atoms with van der Waals surface area (Å²) >= 11 is 0. The molecular formula is C14H21N. The van der Waals surface area contributed by atoms with Crippen molar-refractivity contribution in [2.24, 2.45) is 5.41 Å². The largest absolute Gasteiger partial charge is 0.374 e. The Bertz CT molecular complexity index is 331. The lowest BCUT2D eigenvalue weighted by atomic mass is 9.93. The molecule has 2 aliphatic rings. The zero-order valence-corrected chi connectivity index (χ0v) is 10.1. The second-order valence-corrected chi connectivity index (χ2v) is 5.28. The average Bonchev–Trinajstić information content (AvgIpc) is 2.42. The van der Waals surface area contributed by atoms with Gasteiger partial charge in [-0.2, -0.15) is 0 Å². The maximum absolute atomic E-state index is 2.39. The van der Waals surface area contributed by atoms with Crippen molar-refractivity contribution < 1.29 is 0 Å². The zero-order valence-electron chi connectivity index (χ0n) is 10.1. The molecule has 0 bridgehead atoms. The number of likely N-dealkylation sites (N-methyl/N-ethyl adjacent to an activating group) is 1. The van der Waals surface area contributed by atoms with Crippen molar-refractivity contribution in [1.29, 1.82) is 0 Å². The molecular weight excluding hydrogens is 182 g/mol. The molecule has 1 aliphatic carbocycles. The van der Waals surface area contributed by atoms with Gasteiger partial charge in [0, 0.05) is 24.7 Å². The zero-order chi connectivity index (χ0) is 10.9. The van der Waals surface area contributed by atoms with Crippen LogP contribution in [0.5, 0.6) is 0 Å². The lowest BCUT2D eigenvalue weighted by molar-refractivity contribution is 0.426. The van der Waals surface area contributed by atoms with Crippen molar-refractivity contribution in [3.05, 3.63) is 35.6 Å². The van der Waals surface area contributed by atoms with E-state index in [2.05, 4.69) is 50.1 Å². The van der Waals surface area contributed by atoms with Gasteiger partial charge in [0.05, 0.1) is 0 Å². The lowest BCUT2D eigenvalue weighted by Gasteiger charge is -2.19. The van der Waals surface area contributed by atoms with Crippen LogP contribution in [0.25, 0.3) is 0 Å². The van der Waals surface area contributed by atoms with Crippen LogP contribution < -0.4 is 0 Å². The third-order valence-corrected chi connectivity index (χ3v) is 3.31. The van der Waals surface area contributed by atoms with Gasteiger partial charge in [-0.1, -0.05) is 32.1 Å². The highest BCUT2D eigenvalue weighted by Crippen LogP contribution is 2.30. The van der Waals surface area contributed by atoms with Crippen molar-refractivity contribution in [3.8, 4) is 0 Å². The van der Waals surface area contributed by atoms with Gasteiger partial charge in [0.15, 0.2) is 0 Å². The van der Waals surface area contributed by atoms with E-state index in [0.717, 1.165) is 0 Å². The molecule has 0 N–H and O–H groups in total. The van der Waals surface area contributed by atoms with Crippen molar-refractivity contribution in [2.45, 2.75) is 33.1 Å². The second-order valence-electron chi connectivity index (χ2n) is 5.28. The molecule has 1 nitrogen and oxygen atoms in total. The van der Waals surface area contributed by atoms with Crippen LogP contribution in [-0.4, -0.2) is 18.5 Å².